The van der Waals surface area contributed by atoms with Crippen molar-refractivity contribution in [2.45, 2.75) is 0 Å². The molecule has 7 heteroatoms. The van der Waals surface area contributed by atoms with E-state index in [0.717, 1.165) is 6.07 Å². The first-order valence-corrected chi connectivity index (χ1v) is 5.44. The summed E-state index contributed by atoms with van der Waals surface area (Å²) in [6.07, 6.45) is 2.90. The summed E-state index contributed by atoms with van der Waals surface area (Å²) in [6.45, 7) is 0. The van der Waals surface area contributed by atoms with Crippen LogP contribution in [0, 0.1) is 16.3 Å². The van der Waals surface area contributed by atoms with Crippen molar-refractivity contribution >= 4 is 23.3 Å². The predicted octanol–water partition coefficient (Wildman–Crippen LogP) is 2.76. The summed E-state index contributed by atoms with van der Waals surface area (Å²) in [7, 11) is 0. The number of nitrogens with one attached hydrogen (secondary N) is 1. The van der Waals surface area contributed by atoms with Gasteiger partial charge in [0.25, 0.3) is 0 Å². The van der Waals surface area contributed by atoms with Gasteiger partial charge in [-0.25, -0.2) is 18.4 Å². The number of hydrogen-bond acceptors (Lipinski definition) is 3. The molecular weight excluding hydrogens is 258 g/mol. The summed E-state index contributed by atoms with van der Waals surface area (Å²) in [4.78, 5) is 6.75. The van der Waals surface area contributed by atoms with E-state index in [1.807, 2.05) is 0 Å². The second kappa shape index (κ2) is 3.95. The first kappa shape index (κ1) is 11.0. The van der Waals surface area contributed by atoms with E-state index in [-0.39, 0.29) is 5.69 Å². The number of H-pyrrole nitrogens is 1. The summed E-state index contributed by atoms with van der Waals surface area (Å²) in [5, 5.41) is 4.64. The van der Waals surface area contributed by atoms with Gasteiger partial charge in [-0.05, 0) is 12.1 Å². The lowest BCUT2D eigenvalue weighted by molar-refractivity contribution is 0.574. The highest BCUT2D eigenvalue weighted by Gasteiger charge is 2.11. The number of rotatable bonds is 1. The fourth-order valence-electron chi connectivity index (χ4n) is 1.70. The third-order valence-electron chi connectivity index (χ3n) is 2.52. The average Bonchev–Trinajstić information content (AvgIpc) is 2.74. The van der Waals surface area contributed by atoms with Gasteiger partial charge in [-0.15, -0.1) is 0 Å². The number of nitrogens with zero attached hydrogens (tertiary/aromatic N) is 3. The highest BCUT2D eigenvalue weighted by Crippen LogP contribution is 2.19. The number of fused-ring (bicyclic) bond motifs is 1. The maximum atomic E-state index is 13.7. The fraction of sp³-hybridized carbons (Fsp3) is 0. The molecule has 0 fully saturated rings. The number of halogens is 2. The second-order valence-corrected chi connectivity index (χ2v) is 4.01. The molecule has 0 saturated heterocycles. The van der Waals surface area contributed by atoms with Gasteiger partial charge < -0.3 is 4.98 Å². The van der Waals surface area contributed by atoms with E-state index < -0.39 is 11.6 Å². The van der Waals surface area contributed by atoms with E-state index in [1.165, 1.54) is 29.3 Å². The quantitative estimate of drug-likeness (QED) is 0.687. The molecule has 0 bridgehead atoms. The Morgan fingerprint density at radius 2 is 2.11 bits per heavy atom. The van der Waals surface area contributed by atoms with E-state index in [9.17, 15) is 8.78 Å². The lowest BCUT2D eigenvalue weighted by atomic mass is 10.3. The van der Waals surface area contributed by atoms with Crippen molar-refractivity contribution in [1.29, 1.82) is 0 Å². The van der Waals surface area contributed by atoms with Gasteiger partial charge >= 0.3 is 0 Å². The lowest BCUT2D eigenvalue weighted by Gasteiger charge is -2.04. The Balaban J connectivity index is 2.32. The van der Waals surface area contributed by atoms with Crippen LogP contribution < -0.4 is 0 Å². The van der Waals surface area contributed by atoms with Crippen LogP contribution in [-0.4, -0.2) is 19.7 Å². The zero-order valence-electron chi connectivity index (χ0n) is 8.89. The van der Waals surface area contributed by atoms with Crippen molar-refractivity contribution < 1.29 is 8.78 Å². The molecule has 18 heavy (non-hydrogen) atoms. The lowest BCUT2D eigenvalue weighted by Crippen LogP contribution is -2.01. The van der Waals surface area contributed by atoms with Crippen molar-refractivity contribution in [2.24, 2.45) is 0 Å². The molecule has 0 spiro atoms. The van der Waals surface area contributed by atoms with E-state index in [1.54, 1.807) is 0 Å². The Labute approximate surface area is 105 Å². The van der Waals surface area contributed by atoms with Crippen molar-refractivity contribution in [3.05, 3.63) is 47.0 Å². The maximum Gasteiger partial charge on any atom is 0.151 e. The van der Waals surface area contributed by atoms with Gasteiger partial charge in [0.2, 0.25) is 0 Å². The van der Waals surface area contributed by atoms with Crippen LogP contribution in [0.3, 0.4) is 0 Å². The second-order valence-electron chi connectivity index (χ2n) is 3.62. The fourth-order valence-corrected chi connectivity index (χ4v) is 1.90. The molecule has 3 rings (SSSR count). The van der Waals surface area contributed by atoms with Crippen LogP contribution in [0.1, 0.15) is 0 Å². The van der Waals surface area contributed by atoms with Gasteiger partial charge in [0.15, 0.2) is 5.82 Å². The molecule has 0 radical (unpaired) electrons. The Morgan fingerprint density at radius 1 is 1.28 bits per heavy atom. The van der Waals surface area contributed by atoms with Crippen molar-refractivity contribution in [2.75, 3.05) is 0 Å². The van der Waals surface area contributed by atoms with E-state index in [2.05, 4.69) is 15.1 Å². The topological polar surface area (TPSA) is 46.5 Å². The summed E-state index contributed by atoms with van der Waals surface area (Å²) >= 11 is 5.03. The van der Waals surface area contributed by atoms with E-state index in [0.29, 0.717) is 15.7 Å². The van der Waals surface area contributed by atoms with Gasteiger partial charge in [0.1, 0.15) is 21.8 Å². The molecule has 4 nitrogen and oxygen atoms in total. The molecule has 90 valence electrons. The highest BCUT2D eigenvalue weighted by molar-refractivity contribution is 7.71. The van der Waals surface area contributed by atoms with Gasteiger partial charge in [-0.2, -0.15) is 5.10 Å². The Morgan fingerprint density at radius 3 is 2.89 bits per heavy atom. The van der Waals surface area contributed by atoms with Crippen molar-refractivity contribution in [3.63, 3.8) is 0 Å². The van der Waals surface area contributed by atoms with Gasteiger partial charge in [0, 0.05) is 6.07 Å². The molecule has 1 N–H and O–H groups in total. The molecule has 0 aliphatic carbocycles. The van der Waals surface area contributed by atoms with E-state index >= 15 is 0 Å². The van der Waals surface area contributed by atoms with Crippen molar-refractivity contribution in [1.82, 2.24) is 19.7 Å². The zero-order chi connectivity index (χ0) is 12.7. The number of hydrogen-bond donors (Lipinski definition) is 1. The third-order valence-corrected chi connectivity index (χ3v) is 2.85. The van der Waals surface area contributed by atoms with Gasteiger partial charge in [-0.3, -0.25) is 0 Å². The normalized spacial score (nSPS) is 11.0. The SMILES string of the molecule is Fc1ccc(-n2ncc3c(=S)nc[nH]c32)c(F)c1. The first-order chi connectivity index (χ1) is 8.66. The third kappa shape index (κ3) is 1.60. The largest absolute Gasteiger partial charge is 0.330 e. The summed E-state index contributed by atoms with van der Waals surface area (Å²) in [5.41, 5.74) is 0.656. The Bertz CT molecular complexity index is 793. The first-order valence-electron chi connectivity index (χ1n) is 5.03. The molecule has 3 aromatic rings. The van der Waals surface area contributed by atoms with Crippen LogP contribution >= 0.6 is 12.2 Å². The maximum absolute atomic E-state index is 13.7. The molecule has 0 unspecified atom stereocenters. The molecule has 2 aromatic heterocycles. The number of aromatic nitrogens is 4. The average molecular weight is 264 g/mol. The minimum Gasteiger partial charge on any atom is -0.330 e. The van der Waals surface area contributed by atoms with Gasteiger partial charge in [0.05, 0.1) is 17.9 Å². The molecule has 2 heterocycles. The minimum atomic E-state index is -0.698. The Kier molecular flexibility index (Phi) is 2.41. The zero-order valence-corrected chi connectivity index (χ0v) is 9.71. The summed E-state index contributed by atoms with van der Waals surface area (Å²) in [5.74, 6) is -1.33. The predicted molar refractivity (Wildman–Crippen MR) is 64.0 cm³/mol. The smallest absolute Gasteiger partial charge is 0.151 e. The molecule has 1 aromatic carbocycles. The van der Waals surface area contributed by atoms with E-state index in [4.69, 9.17) is 12.2 Å². The molecule has 0 aliphatic heterocycles. The molecule has 0 saturated carbocycles. The van der Waals surface area contributed by atoms with Crippen LogP contribution in [0.2, 0.25) is 0 Å². The minimum absolute atomic E-state index is 0.142. The summed E-state index contributed by atoms with van der Waals surface area (Å²) in [6, 6.07) is 3.29. The highest BCUT2D eigenvalue weighted by atomic mass is 32.1. The van der Waals surface area contributed by atoms with Crippen LogP contribution in [0.4, 0.5) is 8.78 Å². The van der Waals surface area contributed by atoms with Crippen LogP contribution in [0.25, 0.3) is 16.7 Å². The number of benzene rings is 1. The standard InChI is InChI=1S/C11H6F2N4S/c12-6-1-2-9(8(13)3-6)17-10-7(4-16-17)11(18)15-5-14-10/h1-5H,(H,14,15,18). The number of aromatic amines is 1. The van der Waals surface area contributed by atoms with Crippen LogP contribution in [0.5, 0.6) is 0 Å². The molecular formula is C11H6F2N4S. The molecule has 0 amide bonds. The van der Waals surface area contributed by atoms with Crippen LogP contribution in [-0.2, 0) is 0 Å². The van der Waals surface area contributed by atoms with Crippen molar-refractivity contribution in [3.8, 4) is 5.69 Å². The molecule has 0 aliphatic rings. The summed E-state index contributed by atoms with van der Waals surface area (Å²) < 4.78 is 28.2. The Hall–Kier alpha value is -2.15. The van der Waals surface area contributed by atoms with Crippen LogP contribution in [0.15, 0.2) is 30.7 Å². The van der Waals surface area contributed by atoms with Gasteiger partial charge in [-0.1, -0.05) is 12.2 Å². The monoisotopic (exact) mass is 264 g/mol. The molecule has 0 atom stereocenters.